The van der Waals surface area contributed by atoms with E-state index in [4.69, 9.17) is 68.1 Å². The number of rotatable bonds is 14. The van der Waals surface area contributed by atoms with Crippen molar-refractivity contribution in [3.05, 3.63) is 0 Å². The van der Waals surface area contributed by atoms with Crippen LogP contribution >= 0.6 is 24.4 Å². The van der Waals surface area contributed by atoms with Gasteiger partial charge in [-0.3, -0.25) is 4.90 Å². The first-order chi connectivity index (χ1) is 31.8. The number of thiocarbonyl (C=S) groups is 2. The third-order valence-electron chi connectivity index (χ3n) is 13.2. The maximum Gasteiger partial charge on any atom is 0.186 e. The van der Waals surface area contributed by atoms with E-state index in [1.807, 2.05) is 0 Å². The molecule has 0 aromatic carbocycles. The van der Waals surface area contributed by atoms with Crippen LogP contribution in [0.25, 0.3) is 0 Å². The lowest BCUT2D eigenvalue weighted by Gasteiger charge is -2.47. The van der Waals surface area contributed by atoms with Gasteiger partial charge in [0.05, 0.1) is 37.6 Å². The van der Waals surface area contributed by atoms with Crippen LogP contribution in [0.1, 0.15) is 38.5 Å². The first-order valence-corrected chi connectivity index (χ1v) is 23.9. The molecule has 16 unspecified atom stereocenters. The Kier molecular flexibility index (Phi) is 21.4. The normalized spacial score (nSPS) is 42.4. The number of ether oxygens (including phenoxy) is 8. The molecule has 24 nitrogen and oxygen atoms in total. The Bertz CT molecular complexity index is 1390. The van der Waals surface area contributed by atoms with Gasteiger partial charge in [-0.1, -0.05) is 12.8 Å². The molecule has 8 bridgehead atoms. The highest BCUT2D eigenvalue weighted by molar-refractivity contribution is 7.80. The maximum absolute atomic E-state index is 11.2. The number of aliphatic hydroxyl groups excluding tert-OH is 10. The van der Waals surface area contributed by atoms with Gasteiger partial charge in [0.1, 0.15) is 61.0 Å². The van der Waals surface area contributed by atoms with Crippen LogP contribution in [0.4, 0.5) is 0 Å². The van der Waals surface area contributed by atoms with Crippen LogP contribution in [0, 0.1) is 11.8 Å². The smallest absolute Gasteiger partial charge is 0.186 e. The van der Waals surface area contributed by atoms with E-state index < -0.39 is 136 Å². The van der Waals surface area contributed by atoms with E-state index in [0.717, 1.165) is 0 Å². The zero-order valence-corrected chi connectivity index (χ0v) is 38.5. The second kappa shape index (κ2) is 26.1. The zero-order valence-electron chi connectivity index (χ0n) is 36.9. The summed E-state index contributed by atoms with van der Waals surface area (Å²) in [6.07, 6.45) is -19.8. The first-order valence-electron chi connectivity index (χ1n) is 23.0. The van der Waals surface area contributed by atoms with Crippen molar-refractivity contribution in [1.29, 1.82) is 0 Å². The molecule has 0 aliphatic carbocycles. The predicted octanol–water partition coefficient (Wildman–Crippen LogP) is -6.65. The molecule has 12 rings (SSSR count). The van der Waals surface area contributed by atoms with E-state index in [2.05, 4.69) is 26.2 Å². The Morgan fingerprint density at radius 2 is 0.879 bits per heavy atom. The second-order valence-electron chi connectivity index (χ2n) is 17.6. The SMILES string of the molecule is NCCN(CCNC(=S)NCC1O[C@H]2OC3C(CO)O[C@@H](OCCCCC1C(O)C2O)C(O)C3O)CCNC(=S)NCC1O[C@H]2OC3C(CO)O[C@@H](OCCCCC1C(O)C2O)C(O)C3O. The quantitative estimate of drug-likeness (QED) is 0.0720. The van der Waals surface area contributed by atoms with Gasteiger partial charge >= 0.3 is 0 Å². The van der Waals surface area contributed by atoms with Gasteiger partial charge < -0.3 is 116 Å². The van der Waals surface area contributed by atoms with Crippen molar-refractivity contribution in [3.8, 4) is 0 Å². The van der Waals surface area contributed by atoms with Crippen LogP contribution in [0.15, 0.2) is 0 Å². The maximum atomic E-state index is 11.2. The van der Waals surface area contributed by atoms with Gasteiger partial charge in [0.15, 0.2) is 35.4 Å². The van der Waals surface area contributed by atoms with Crippen molar-refractivity contribution in [2.45, 2.75) is 149 Å². The lowest BCUT2D eigenvalue weighted by atomic mass is 9.84. The van der Waals surface area contributed by atoms with E-state index in [1.54, 1.807) is 0 Å². The Morgan fingerprint density at radius 1 is 0.485 bits per heavy atom. The number of hydrogen-bond donors (Lipinski definition) is 15. The predicted molar refractivity (Wildman–Crippen MR) is 236 cm³/mol. The highest BCUT2D eigenvalue weighted by Crippen LogP contribution is 2.36. The monoisotopic (exact) mass is 988 g/mol. The second-order valence-corrected chi connectivity index (χ2v) is 18.4. The molecular weight excluding hydrogens is 917 g/mol. The number of nitrogens with two attached hydrogens (primary N) is 1. The fraction of sp³-hybridized carbons (Fsp3) is 0.950. The zero-order chi connectivity index (χ0) is 47.5. The Balaban J connectivity index is 0.953. The molecule has 0 spiro atoms. The standard InChI is InChI=1S/C40H72N6O18S2/c41-7-10-46(11-8-42-39(65)44-15-21-19-5-1-3-13-57-35-31(55)27(51)33(23(17-47)61-35)63-37(59-21)29(53)25(19)49)12-9-43-40(66)45-16-22-20-6-2-4-14-58-36-32(56)28(52)34(24(18-48)62-36)64-38(60-22)30(54)26(20)50/h19-38,47-56H,1-18,41H2,(H2,42,44,65)(H2,43,45,66)/t19?,20?,21?,22?,23?,24?,25?,26?,27?,28?,29?,30?,31?,32?,33?,34?,35-,36-,37+,38+/m1/s1. The highest BCUT2D eigenvalue weighted by Gasteiger charge is 2.53. The summed E-state index contributed by atoms with van der Waals surface area (Å²) >= 11 is 11.1. The largest absolute Gasteiger partial charge is 0.394 e. The third-order valence-corrected chi connectivity index (χ3v) is 13.7. The van der Waals surface area contributed by atoms with E-state index in [1.165, 1.54) is 0 Å². The topological polar surface area (TPSA) is 354 Å². The van der Waals surface area contributed by atoms with Crippen molar-refractivity contribution in [3.63, 3.8) is 0 Å². The summed E-state index contributed by atoms with van der Waals surface area (Å²) in [4.78, 5) is 2.10. The molecular formula is C40H72N6O18S2. The van der Waals surface area contributed by atoms with Crippen molar-refractivity contribution < 1.29 is 89.0 Å². The number of hydrogen-bond acceptors (Lipinski definition) is 22. The molecule has 382 valence electrons. The molecule has 0 aromatic rings. The molecule has 12 fully saturated rings. The molecule has 20 atom stereocenters. The van der Waals surface area contributed by atoms with Crippen molar-refractivity contribution in [2.24, 2.45) is 17.6 Å². The summed E-state index contributed by atoms with van der Waals surface area (Å²) in [7, 11) is 0. The molecule has 12 saturated heterocycles. The van der Waals surface area contributed by atoms with E-state index in [0.29, 0.717) is 88.0 Å². The highest BCUT2D eigenvalue weighted by atomic mass is 32.1. The van der Waals surface area contributed by atoms with Gasteiger partial charge in [-0.25, -0.2) is 0 Å². The molecule has 12 aliphatic rings. The van der Waals surface area contributed by atoms with Crippen molar-refractivity contribution >= 4 is 34.7 Å². The summed E-state index contributed by atoms with van der Waals surface area (Å²) in [5, 5.41) is 121. The van der Waals surface area contributed by atoms with Gasteiger partial charge in [-0.05, 0) is 50.1 Å². The van der Waals surface area contributed by atoms with Crippen molar-refractivity contribution in [1.82, 2.24) is 26.2 Å². The molecule has 0 saturated carbocycles. The van der Waals surface area contributed by atoms with Crippen LogP contribution < -0.4 is 27.0 Å². The van der Waals surface area contributed by atoms with Crippen LogP contribution in [0.5, 0.6) is 0 Å². The summed E-state index contributed by atoms with van der Waals surface area (Å²) in [6, 6.07) is 0. The molecule has 0 aromatic heterocycles. The van der Waals surface area contributed by atoms with Gasteiger partial charge in [0, 0.05) is 77.4 Å². The molecule has 16 N–H and O–H groups in total. The minimum atomic E-state index is -1.54. The average Bonchev–Trinajstić information content (AvgIpc) is 3.30. The van der Waals surface area contributed by atoms with E-state index in [9.17, 15) is 51.1 Å². The summed E-state index contributed by atoms with van der Waals surface area (Å²) in [5.74, 6) is -1.02. The van der Waals surface area contributed by atoms with Crippen LogP contribution in [0.3, 0.4) is 0 Å². The summed E-state index contributed by atoms with van der Waals surface area (Å²) < 4.78 is 46.8. The number of nitrogens with one attached hydrogen (secondary N) is 4. The Morgan fingerprint density at radius 3 is 1.27 bits per heavy atom. The third kappa shape index (κ3) is 13.7. The molecule has 12 heterocycles. The number of aliphatic hydroxyl groups is 10. The molecule has 12 aliphatic heterocycles. The van der Waals surface area contributed by atoms with Crippen LogP contribution in [0.2, 0.25) is 0 Å². The van der Waals surface area contributed by atoms with E-state index >= 15 is 0 Å². The average molecular weight is 989 g/mol. The number of nitrogens with zero attached hydrogens (tertiary/aromatic N) is 1. The molecule has 0 amide bonds. The lowest BCUT2D eigenvalue weighted by molar-refractivity contribution is -0.355. The van der Waals surface area contributed by atoms with E-state index in [-0.39, 0.29) is 26.3 Å². The Hall–Kier alpha value is -1.42. The first kappa shape index (κ1) is 53.9. The minimum Gasteiger partial charge on any atom is -0.394 e. The van der Waals surface area contributed by atoms with Gasteiger partial charge in [-0.15, -0.1) is 0 Å². The molecule has 26 heteroatoms. The Labute approximate surface area is 394 Å². The van der Waals surface area contributed by atoms with Gasteiger partial charge in [0.25, 0.3) is 0 Å². The lowest BCUT2D eigenvalue weighted by Crippen LogP contribution is -2.64. The van der Waals surface area contributed by atoms with Gasteiger partial charge in [-0.2, -0.15) is 0 Å². The fourth-order valence-corrected chi connectivity index (χ4v) is 9.76. The van der Waals surface area contributed by atoms with Crippen LogP contribution in [-0.4, -0.2) is 256 Å². The summed E-state index contributed by atoms with van der Waals surface area (Å²) in [5.41, 5.74) is 5.92. The summed E-state index contributed by atoms with van der Waals surface area (Å²) in [6.45, 7) is 2.44. The minimum absolute atomic E-state index is 0.136. The fourth-order valence-electron chi connectivity index (χ4n) is 9.39. The molecule has 66 heavy (non-hydrogen) atoms. The van der Waals surface area contributed by atoms with Gasteiger partial charge in [0.2, 0.25) is 0 Å². The van der Waals surface area contributed by atoms with Crippen molar-refractivity contribution in [2.75, 3.05) is 78.8 Å². The van der Waals surface area contributed by atoms with Crippen LogP contribution in [-0.2, 0) is 37.9 Å². The molecule has 0 radical (unpaired) electrons.